The molecule has 1 heterocycles. The number of hydrogen-bond acceptors (Lipinski definition) is 2. The molecule has 2 nitrogen and oxygen atoms in total. The van der Waals surface area contributed by atoms with Crippen LogP contribution in [0.3, 0.4) is 0 Å². The van der Waals surface area contributed by atoms with Crippen molar-refractivity contribution in [1.29, 1.82) is 0 Å². The molecule has 0 radical (unpaired) electrons. The lowest BCUT2D eigenvalue weighted by atomic mass is 10.2. The largest absolute Gasteiger partial charge is 0.303 e. The van der Waals surface area contributed by atoms with Gasteiger partial charge in [0.25, 0.3) is 0 Å². The van der Waals surface area contributed by atoms with E-state index < -0.39 is 0 Å². The quantitative estimate of drug-likeness (QED) is 0.555. The van der Waals surface area contributed by atoms with Crippen LogP contribution in [0.2, 0.25) is 0 Å². The molecule has 0 atom stereocenters. The summed E-state index contributed by atoms with van der Waals surface area (Å²) in [7, 11) is 2.14. The van der Waals surface area contributed by atoms with Gasteiger partial charge >= 0.3 is 0 Å². The maximum atomic E-state index is 4.38. The predicted molar refractivity (Wildman–Crippen MR) is 58.1 cm³/mol. The molecule has 0 unspecified atom stereocenters. The average molecular weight is 178 g/mol. The van der Waals surface area contributed by atoms with Crippen LogP contribution < -0.4 is 0 Å². The zero-order chi connectivity index (χ0) is 9.68. The number of rotatable bonds is 0. The Morgan fingerprint density at radius 3 is 3.08 bits per heavy atom. The lowest BCUT2D eigenvalue weighted by Crippen LogP contribution is -2.20. The van der Waals surface area contributed by atoms with Gasteiger partial charge in [-0.1, -0.05) is 12.7 Å². The summed E-state index contributed by atoms with van der Waals surface area (Å²) in [5.41, 5.74) is 2.05. The van der Waals surface area contributed by atoms with Crippen LogP contribution in [0.5, 0.6) is 0 Å². The molecule has 0 bridgehead atoms. The van der Waals surface area contributed by atoms with Gasteiger partial charge in [0, 0.05) is 12.3 Å². The van der Waals surface area contributed by atoms with Crippen molar-refractivity contribution in [3.05, 3.63) is 24.4 Å². The van der Waals surface area contributed by atoms with Crippen LogP contribution in [-0.4, -0.2) is 30.7 Å². The third kappa shape index (κ3) is 4.04. The molecule has 1 aliphatic rings. The maximum Gasteiger partial charge on any atom is 0.0554 e. The number of aliphatic imine (C=N–C) groups is 1. The highest BCUT2D eigenvalue weighted by Crippen LogP contribution is 2.04. The van der Waals surface area contributed by atoms with Crippen LogP contribution >= 0.6 is 0 Å². The fourth-order valence-corrected chi connectivity index (χ4v) is 1.40. The van der Waals surface area contributed by atoms with E-state index in [-0.39, 0.29) is 0 Å². The Balaban J connectivity index is 2.64. The Labute approximate surface area is 80.7 Å². The Bertz CT molecular complexity index is 238. The average Bonchev–Trinajstić information content (AvgIpc) is 2.03. The van der Waals surface area contributed by atoms with Gasteiger partial charge in [-0.2, -0.15) is 0 Å². The number of allylic oxidation sites excluding steroid dienone is 1. The third-order valence-corrected chi connectivity index (χ3v) is 2.14. The molecule has 0 saturated heterocycles. The minimum Gasteiger partial charge on any atom is -0.303 e. The molecule has 72 valence electrons. The van der Waals surface area contributed by atoms with E-state index >= 15 is 0 Å². The summed E-state index contributed by atoms with van der Waals surface area (Å²) in [5.74, 6) is 0. The lowest BCUT2D eigenvalue weighted by molar-refractivity contribution is 0.366. The van der Waals surface area contributed by atoms with Crippen LogP contribution in [-0.2, 0) is 0 Å². The number of hydrogen-bond donors (Lipinski definition) is 0. The maximum absolute atomic E-state index is 4.38. The van der Waals surface area contributed by atoms with Crippen LogP contribution in [0.4, 0.5) is 0 Å². The van der Waals surface area contributed by atoms with Crippen LogP contribution in [0.15, 0.2) is 29.4 Å². The molecule has 1 aliphatic heterocycles. The number of likely N-dealkylation sites (N-methyl/N-ethyl adjacent to an activating group) is 1. The van der Waals surface area contributed by atoms with Crippen molar-refractivity contribution in [1.82, 2.24) is 4.90 Å². The fourth-order valence-electron chi connectivity index (χ4n) is 1.40. The molecule has 0 spiro atoms. The van der Waals surface area contributed by atoms with Gasteiger partial charge in [0.1, 0.15) is 0 Å². The Hall–Kier alpha value is -0.890. The van der Waals surface area contributed by atoms with Crippen molar-refractivity contribution >= 4 is 5.71 Å². The highest BCUT2D eigenvalue weighted by atomic mass is 15.1. The monoisotopic (exact) mass is 178 g/mol. The first-order valence-electron chi connectivity index (χ1n) is 4.76. The second-order valence-corrected chi connectivity index (χ2v) is 3.61. The van der Waals surface area contributed by atoms with Crippen molar-refractivity contribution in [2.45, 2.75) is 19.8 Å². The summed E-state index contributed by atoms with van der Waals surface area (Å²) in [6.07, 6.45) is 6.37. The Kier molecular flexibility index (Phi) is 3.90. The first-order valence-corrected chi connectivity index (χ1v) is 4.76. The Morgan fingerprint density at radius 2 is 2.31 bits per heavy atom. The minimum absolute atomic E-state index is 0.868. The fraction of sp³-hybridized carbons (Fsp3) is 0.545. The summed E-state index contributed by atoms with van der Waals surface area (Å²) in [4.78, 5) is 6.69. The smallest absolute Gasteiger partial charge is 0.0554 e. The summed E-state index contributed by atoms with van der Waals surface area (Å²) >= 11 is 0. The minimum atomic E-state index is 0.868. The van der Waals surface area contributed by atoms with E-state index in [1.807, 2.05) is 6.08 Å². The van der Waals surface area contributed by atoms with Gasteiger partial charge in [-0.05, 0) is 39.4 Å². The molecular formula is C11H18N2. The second kappa shape index (κ2) is 4.97. The van der Waals surface area contributed by atoms with Gasteiger partial charge in [0.2, 0.25) is 0 Å². The Morgan fingerprint density at radius 1 is 1.54 bits per heavy atom. The first kappa shape index (κ1) is 10.2. The molecule has 0 aromatic carbocycles. The summed E-state index contributed by atoms with van der Waals surface area (Å²) < 4.78 is 0. The van der Waals surface area contributed by atoms with Gasteiger partial charge in [0.05, 0.1) is 5.70 Å². The van der Waals surface area contributed by atoms with Crippen LogP contribution in [0, 0.1) is 0 Å². The molecule has 0 N–H and O–H groups in total. The lowest BCUT2D eigenvalue weighted by Gasteiger charge is -2.14. The number of nitrogens with zero attached hydrogens (tertiary/aromatic N) is 2. The normalized spacial score (nSPS) is 23.8. The van der Waals surface area contributed by atoms with Gasteiger partial charge in [0.15, 0.2) is 0 Å². The van der Waals surface area contributed by atoms with E-state index in [1.54, 1.807) is 0 Å². The molecule has 0 amide bonds. The van der Waals surface area contributed by atoms with Gasteiger partial charge in [-0.3, -0.25) is 4.99 Å². The second-order valence-electron chi connectivity index (χ2n) is 3.61. The molecular weight excluding hydrogens is 160 g/mol. The SMILES string of the molecule is C=C1/C=C\CN(C)CCCC(C)=N1. The van der Waals surface area contributed by atoms with Crippen molar-refractivity contribution in [2.75, 3.05) is 20.1 Å². The van der Waals surface area contributed by atoms with E-state index in [2.05, 4.69) is 36.5 Å². The molecule has 0 aromatic rings. The van der Waals surface area contributed by atoms with E-state index in [0.29, 0.717) is 0 Å². The summed E-state index contributed by atoms with van der Waals surface area (Å²) in [6.45, 7) is 8.08. The van der Waals surface area contributed by atoms with Crippen molar-refractivity contribution < 1.29 is 0 Å². The predicted octanol–water partition coefficient (Wildman–Crippen LogP) is 2.24. The third-order valence-electron chi connectivity index (χ3n) is 2.14. The highest BCUT2D eigenvalue weighted by Gasteiger charge is 1.99. The molecule has 2 heteroatoms. The topological polar surface area (TPSA) is 15.6 Å². The van der Waals surface area contributed by atoms with Crippen LogP contribution in [0.1, 0.15) is 19.8 Å². The van der Waals surface area contributed by atoms with Crippen molar-refractivity contribution in [3.8, 4) is 0 Å². The zero-order valence-electron chi connectivity index (χ0n) is 8.58. The van der Waals surface area contributed by atoms with E-state index in [0.717, 1.165) is 25.2 Å². The molecule has 0 aliphatic carbocycles. The summed E-state index contributed by atoms with van der Waals surface area (Å²) in [6, 6.07) is 0. The van der Waals surface area contributed by atoms with E-state index in [1.165, 1.54) is 12.1 Å². The molecule has 0 saturated carbocycles. The first-order chi connectivity index (χ1) is 6.18. The van der Waals surface area contributed by atoms with Crippen LogP contribution in [0.25, 0.3) is 0 Å². The highest BCUT2D eigenvalue weighted by molar-refractivity contribution is 5.83. The van der Waals surface area contributed by atoms with Crippen molar-refractivity contribution in [2.24, 2.45) is 4.99 Å². The van der Waals surface area contributed by atoms with Gasteiger partial charge in [-0.15, -0.1) is 0 Å². The zero-order valence-corrected chi connectivity index (χ0v) is 8.58. The van der Waals surface area contributed by atoms with E-state index in [9.17, 15) is 0 Å². The summed E-state index contributed by atoms with van der Waals surface area (Å²) in [5, 5.41) is 0. The molecule has 0 fully saturated rings. The van der Waals surface area contributed by atoms with Gasteiger partial charge in [-0.25, -0.2) is 0 Å². The van der Waals surface area contributed by atoms with Gasteiger partial charge < -0.3 is 4.90 Å². The molecule has 13 heavy (non-hydrogen) atoms. The molecule has 1 rings (SSSR count). The molecule has 0 aromatic heterocycles. The standard InChI is InChI=1S/C11H18N2/c1-10-6-4-8-13(3)9-5-7-11(2)12-10/h4,6H,1,5,7-9H2,2-3H3/b6-4-,12-11?. The van der Waals surface area contributed by atoms with Crippen molar-refractivity contribution in [3.63, 3.8) is 0 Å². The van der Waals surface area contributed by atoms with E-state index in [4.69, 9.17) is 0 Å².